The Hall–Kier alpha value is -3.82. The average Bonchev–Trinajstić information content (AvgIpc) is 2.89. The monoisotopic (exact) mass is 519 g/mol. The van der Waals surface area contributed by atoms with Crippen molar-refractivity contribution in [3.63, 3.8) is 0 Å². The van der Waals surface area contributed by atoms with E-state index in [0.29, 0.717) is 43.3 Å². The quantitative estimate of drug-likeness (QED) is 0.394. The molecule has 0 radical (unpaired) electrons. The van der Waals surface area contributed by atoms with Crippen LogP contribution in [0.2, 0.25) is 0 Å². The number of sulfonamides is 1. The number of pyridine rings is 1. The van der Waals surface area contributed by atoms with Gasteiger partial charge in [-0.15, -0.1) is 0 Å². The van der Waals surface area contributed by atoms with Gasteiger partial charge >= 0.3 is 0 Å². The number of carbonyl (C=O) groups excluding carboxylic acids is 1. The zero-order valence-corrected chi connectivity index (χ0v) is 20.8. The molecular formula is C28H26FN3O4S. The van der Waals surface area contributed by atoms with Crippen LogP contribution in [-0.4, -0.2) is 48.0 Å². The summed E-state index contributed by atoms with van der Waals surface area (Å²) in [6.45, 7) is 0.871. The third-order valence-electron chi connectivity index (χ3n) is 6.67. The molecule has 4 aromatic rings. The fourth-order valence-corrected chi connectivity index (χ4v) is 5.91. The van der Waals surface area contributed by atoms with Crippen molar-refractivity contribution in [2.45, 2.75) is 29.8 Å². The van der Waals surface area contributed by atoms with E-state index >= 15 is 0 Å². The maximum Gasteiger partial charge on any atom is 0.264 e. The van der Waals surface area contributed by atoms with Crippen LogP contribution >= 0.6 is 0 Å². The molecule has 1 fully saturated rings. The minimum absolute atomic E-state index is 0.0681. The average molecular weight is 520 g/mol. The summed E-state index contributed by atoms with van der Waals surface area (Å²) in [4.78, 5) is 18.6. The molecule has 9 heteroatoms. The third-order valence-corrected chi connectivity index (χ3v) is 8.08. The van der Waals surface area contributed by atoms with Crippen LogP contribution in [0.15, 0.2) is 90.0 Å². The molecule has 0 atom stereocenters. The molecule has 37 heavy (non-hydrogen) atoms. The number of likely N-dealkylation sites (tertiary alicyclic amines) is 1. The Kier molecular flexibility index (Phi) is 6.66. The maximum absolute atomic E-state index is 13.5. The number of carbonyl (C=O) groups is 1. The number of para-hydroxylation sites is 1. The summed E-state index contributed by atoms with van der Waals surface area (Å²) in [6, 6.07) is 21.8. The number of piperidine rings is 1. The maximum atomic E-state index is 13.5. The van der Waals surface area contributed by atoms with Gasteiger partial charge in [-0.05, 0) is 54.8 Å². The highest BCUT2D eigenvalue weighted by Crippen LogP contribution is 2.28. The largest absolute Gasteiger partial charge is 0.389 e. The summed E-state index contributed by atoms with van der Waals surface area (Å²) in [5, 5.41) is 11.4. The van der Waals surface area contributed by atoms with Gasteiger partial charge in [0.1, 0.15) is 10.7 Å². The lowest BCUT2D eigenvalue weighted by Crippen LogP contribution is -2.47. The summed E-state index contributed by atoms with van der Waals surface area (Å²) in [6.07, 6.45) is 2.49. The SMILES string of the molecule is O=C(c1ccc(NS(=O)(=O)c2cccc3cc(F)cnc23)cc1)N1CCC(O)(Cc2ccccc2)CC1. The first-order chi connectivity index (χ1) is 17.7. The van der Waals surface area contributed by atoms with E-state index in [0.717, 1.165) is 11.8 Å². The predicted octanol–water partition coefficient (Wildman–Crippen LogP) is 4.38. The van der Waals surface area contributed by atoms with Crippen molar-refractivity contribution in [2.75, 3.05) is 17.8 Å². The highest BCUT2D eigenvalue weighted by Gasteiger charge is 2.34. The highest BCUT2D eigenvalue weighted by molar-refractivity contribution is 7.93. The molecule has 0 saturated carbocycles. The normalized spacial score (nSPS) is 15.5. The first kappa shape index (κ1) is 24.9. The van der Waals surface area contributed by atoms with E-state index in [9.17, 15) is 22.7 Å². The summed E-state index contributed by atoms with van der Waals surface area (Å²) < 4.78 is 42.0. The van der Waals surface area contributed by atoms with Crippen LogP contribution in [0.3, 0.4) is 0 Å². The van der Waals surface area contributed by atoms with Gasteiger partial charge in [0.25, 0.3) is 15.9 Å². The number of nitrogens with zero attached hydrogens (tertiary/aromatic N) is 2. The molecule has 1 aliphatic rings. The van der Waals surface area contributed by atoms with Crippen LogP contribution in [0.25, 0.3) is 10.9 Å². The number of rotatable bonds is 6. The van der Waals surface area contributed by atoms with Crippen molar-refractivity contribution in [3.8, 4) is 0 Å². The number of hydrogen-bond donors (Lipinski definition) is 2. The van der Waals surface area contributed by atoms with E-state index in [1.54, 1.807) is 23.1 Å². The number of fused-ring (bicyclic) bond motifs is 1. The number of hydrogen-bond acceptors (Lipinski definition) is 5. The molecule has 0 unspecified atom stereocenters. The van der Waals surface area contributed by atoms with Crippen LogP contribution in [0.1, 0.15) is 28.8 Å². The smallest absolute Gasteiger partial charge is 0.264 e. The zero-order valence-electron chi connectivity index (χ0n) is 20.0. The molecule has 190 valence electrons. The Morgan fingerprint density at radius 1 is 1.00 bits per heavy atom. The lowest BCUT2D eigenvalue weighted by molar-refractivity contribution is -0.0162. The lowest BCUT2D eigenvalue weighted by atomic mass is 9.85. The molecule has 2 heterocycles. The summed E-state index contributed by atoms with van der Waals surface area (Å²) in [5.41, 5.74) is 1.10. The second-order valence-corrected chi connectivity index (χ2v) is 11.0. The van der Waals surface area contributed by atoms with Gasteiger partial charge in [-0.1, -0.05) is 42.5 Å². The number of benzene rings is 3. The molecule has 1 amide bonds. The molecule has 3 aromatic carbocycles. The van der Waals surface area contributed by atoms with Crippen molar-refractivity contribution in [1.29, 1.82) is 0 Å². The number of anilines is 1. The molecule has 0 spiro atoms. The van der Waals surface area contributed by atoms with Gasteiger partial charge in [0.15, 0.2) is 0 Å². The van der Waals surface area contributed by atoms with Crippen molar-refractivity contribution in [1.82, 2.24) is 9.88 Å². The van der Waals surface area contributed by atoms with Gasteiger partial charge in [-0.2, -0.15) is 0 Å². The number of aromatic nitrogens is 1. The number of aliphatic hydroxyl groups is 1. The molecule has 7 nitrogen and oxygen atoms in total. The lowest BCUT2D eigenvalue weighted by Gasteiger charge is -2.38. The van der Waals surface area contributed by atoms with Crippen LogP contribution < -0.4 is 4.72 Å². The first-order valence-corrected chi connectivity index (χ1v) is 13.4. The Morgan fingerprint density at radius 2 is 1.70 bits per heavy atom. The van der Waals surface area contributed by atoms with Crippen LogP contribution in [0.5, 0.6) is 0 Å². The van der Waals surface area contributed by atoms with Crippen molar-refractivity contribution < 1.29 is 22.7 Å². The van der Waals surface area contributed by atoms with Gasteiger partial charge in [0.2, 0.25) is 0 Å². The van der Waals surface area contributed by atoms with Gasteiger partial charge in [0.05, 0.1) is 17.3 Å². The highest BCUT2D eigenvalue weighted by atomic mass is 32.2. The predicted molar refractivity (Wildman–Crippen MR) is 139 cm³/mol. The van der Waals surface area contributed by atoms with Crippen molar-refractivity contribution >= 4 is 32.5 Å². The number of halogens is 1. The molecule has 0 bridgehead atoms. The van der Waals surface area contributed by atoms with Crippen molar-refractivity contribution in [2.24, 2.45) is 0 Å². The van der Waals surface area contributed by atoms with Gasteiger partial charge in [-0.25, -0.2) is 12.8 Å². The van der Waals surface area contributed by atoms with Crippen LogP contribution in [0.4, 0.5) is 10.1 Å². The van der Waals surface area contributed by atoms with Crippen LogP contribution in [0, 0.1) is 5.82 Å². The van der Waals surface area contributed by atoms with E-state index in [2.05, 4.69) is 9.71 Å². The second kappa shape index (κ2) is 9.91. The van der Waals surface area contributed by atoms with Crippen molar-refractivity contribution in [3.05, 3.63) is 102 Å². The Labute approximate surface area is 214 Å². The third kappa shape index (κ3) is 5.47. The molecular weight excluding hydrogens is 493 g/mol. The fraction of sp³-hybridized carbons (Fsp3) is 0.214. The molecule has 1 saturated heterocycles. The van der Waals surface area contributed by atoms with E-state index in [1.807, 2.05) is 30.3 Å². The molecule has 2 N–H and O–H groups in total. The molecule has 1 aliphatic heterocycles. The Balaban J connectivity index is 1.24. The molecule has 0 aliphatic carbocycles. The fourth-order valence-electron chi connectivity index (χ4n) is 4.68. The van der Waals surface area contributed by atoms with Crippen LogP contribution in [-0.2, 0) is 16.4 Å². The molecule has 1 aromatic heterocycles. The summed E-state index contributed by atoms with van der Waals surface area (Å²) in [7, 11) is -4.00. The minimum atomic E-state index is -4.00. The van der Waals surface area contributed by atoms with Gasteiger partial charge < -0.3 is 10.0 Å². The zero-order chi connectivity index (χ0) is 26.0. The topological polar surface area (TPSA) is 99.6 Å². The summed E-state index contributed by atoms with van der Waals surface area (Å²) in [5.74, 6) is -0.721. The second-order valence-electron chi connectivity index (χ2n) is 9.34. The first-order valence-electron chi connectivity index (χ1n) is 12.0. The van der Waals surface area contributed by atoms with Gasteiger partial charge in [-0.3, -0.25) is 14.5 Å². The number of amides is 1. The standard InChI is InChI=1S/C28H26FN3O4S/c29-23-17-22-7-4-8-25(26(22)30-19-23)37(35,36)31-24-11-9-21(10-12-24)27(33)32-15-13-28(34,14-16-32)18-20-5-2-1-3-6-20/h1-12,17,19,31,34H,13-16,18H2. The summed E-state index contributed by atoms with van der Waals surface area (Å²) >= 11 is 0. The Bertz CT molecular complexity index is 1540. The van der Waals surface area contributed by atoms with E-state index in [1.165, 1.54) is 30.3 Å². The van der Waals surface area contributed by atoms with E-state index in [-0.39, 0.29) is 22.0 Å². The minimum Gasteiger partial charge on any atom is -0.389 e. The van der Waals surface area contributed by atoms with Gasteiger partial charge in [0, 0.05) is 36.1 Å². The van der Waals surface area contributed by atoms with E-state index < -0.39 is 21.4 Å². The number of nitrogens with one attached hydrogen (secondary N) is 1. The Morgan fingerprint density at radius 3 is 2.41 bits per heavy atom. The molecule has 5 rings (SSSR count). The van der Waals surface area contributed by atoms with E-state index in [4.69, 9.17) is 0 Å².